The first-order valence-electron chi connectivity index (χ1n) is 21.4. The molecule has 13 atom stereocenters. The molecule has 12 nitrogen and oxygen atoms in total. The summed E-state index contributed by atoms with van der Waals surface area (Å²) in [6.07, 6.45) is 0.638. The average molecular weight is 812 g/mol. The lowest BCUT2D eigenvalue weighted by atomic mass is 9.42. The summed E-state index contributed by atoms with van der Waals surface area (Å²) >= 11 is 0. The monoisotopic (exact) mass is 811 g/mol. The molecule has 1 aromatic carbocycles. The third kappa shape index (κ3) is 7.91. The second kappa shape index (κ2) is 15.9. The number of hydrogen-bond acceptors (Lipinski definition) is 11. The van der Waals surface area contributed by atoms with Gasteiger partial charge in [0.25, 0.3) is 0 Å². The van der Waals surface area contributed by atoms with Crippen LogP contribution in [0.3, 0.4) is 0 Å². The smallest absolute Gasteiger partial charge is 0.328 e. The Morgan fingerprint density at radius 1 is 0.931 bits per heavy atom. The summed E-state index contributed by atoms with van der Waals surface area (Å²) in [6, 6.07) is 8.18. The molecule has 13 unspecified atom stereocenters. The van der Waals surface area contributed by atoms with E-state index < -0.39 is 94.9 Å². The number of allylic oxidation sites excluding steroid dienone is 1. The molecule has 2 saturated carbocycles. The Morgan fingerprint density at radius 3 is 2.22 bits per heavy atom. The minimum atomic E-state index is -1.80. The lowest BCUT2D eigenvalue weighted by Crippen LogP contribution is -2.62. The molecule has 324 valence electrons. The normalized spacial score (nSPS) is 38.7. The van der Waals surface area contributed by atoms with Crippen molar-refractivity contribution in [3.63, 3.8) is 0 Å². The van der Waals surface area contributed by atoms with Gasteiger partial charge in [-0.15, -0.1) is 0 Å². The third-order valence-corrected chi connectivity index (χ3v) is 16.0. The Hall–Kier alpha value is -2.87. The maximum absolute atomic E-state index is 13.5. The zero-order valence-electron chi connectivity index (χ0n) is 36.0. The summed E-state index contributed by atoms with van der Waals surface area (Å²) < 4.78 is 17.0. The quantitative estimate of drug-likeness (QED) is 0.132. The Morgan fingerprint density at radius 2 is 1.60 bits per heavy atom. The Balaban J connectivity index is 1.14. The summed E-state index contributed by atoms with van der Waals surface area (Å²) in [5.41, 5.74) is -1.49. The highest BCUT2D eigenvalue weighted by molar-refractivity contribution is 5.85. The number of aliphatic hydroxyl groups excluding tert-OH is 3. The largest absolute Gasteiger partial charge is 0.467 e. The minimum absolute atomic E-state index is 0.01000. The lowest BCUT2D eigenvalue weighted by Gasteiger charge is -2.64. The second-order valence-electron chi connectivity index (χ2n) is 20.5. The molecule has 6 rings (SSSR count). The third-order valence-electron chi connectivity index (χ3n) is 16.0. The average Bonchev–Trinajstić information content (AvgIpc) is 3.41. The number of nitrogens with one attached hydrogen (secondary N) is 1. The van der Waals surface area contributed by atoms with Crippen LogP contribution < -0.4 is 5.32 Å². The first-order chi connectivity index (χ1) is 26.9. The Labute approximate surface area is 344 Å². The van der Waals surface area contributed by atoms with Gasteiger partial charge in [0.1, 0.15) is 12.1 Å². The van der Waals surface area contributed by atoms with E-state index in [4.69, 9.17) is 14.2 Å². The summed E-state index contributed by atoms with van der Waals surface area (Å²) in [6.45, 7) is 15.5. The molecule has 58 heavy (non-hydrogen) atoms. The summed E-state index contributed by atoms with van der Waals surface area (Å²) in [5, 5.41) is 60.0. The molecule has 0 radical (unpaired) electrons. The van der Waals surface area contributed by atoms with Crippen LogP contribution >= 0.6 is 0 Å². The van der Waals surface area contributed by atoms with Gasteiger partial charge < -0.3 is 45.1 Å². The molecule has 1 aliphatic heterocycles. The van der Waals surface area contributed by atoms with Crippen LogP contribution in [0.5, 0.6) is 0 Å². The Kier molecular flexibility index (Phi) is 12.2. The highest BCUT2D eigenvalue weighted by Crippen LogP contribution is 2.73. The van der Waals surface area contributed by atoms with E-state index in [1.54, 1.807) is 13.8 Å². The molecule has 3 fully saturated rings. The van der Waals surface area contributed by atoms with Gasteiger partial charge in [0.05, 0.1) is 49.5 Å². The van der Waals surface area contributed by atoms with Gasteiger partial charge in [-0.2, -0.15) is 0 Å². The van der Waals surface area contributed by atoms with Gasteiger partial charge in [-0.1, -0.05) is 76.1 Å². The molecule has 4 aliphatic carbocycles. The van der Waals surface area contributed by atoms with Gasteiger partial charge in [0.15, 0.2) is 6.29 Å². The molecule has 6 N–H and O–H groups in total. The van der Waals surface area contributed by atoms with Gasteiger partial charge in [-0.25, -0.2) is 4.79 Å². The molecule has 1 amide bonds. The molecule has 1 heterocycles. The predicted molar refractivity (Wildman–Crippen MR) is 216 cm³/mol. The lowest BCUT2D eigenvalue weighted by molar-refractivity contribution is -0.251. The number of carbonyl (C=O) groups is 3. The van der Waals surface area contributed by atoms with E-state index in [2.05, 4.69) is 26.1 Å². The number of benzene rings is 1. The molecule has 0 bridgehead atoms. The van der Waals surface area contributed by atoms with Crippen LogP contribution in [0.1, 0.15) is 125 Å². The molecule has 0 spiro atoms. The summed E-state index contributed by atoms with van der Waals surface area (Å²) in [4.78, 5) is 39.1. The van der Waals surface area contributed by atoms with Crippen molar-refractivity contribution in [1.29, 1.82) is 0 Å². The first kappa shape index (κ1) is 44.7. The fraction of sp³-hybridized carbons (Fsp3) is 0.761. The van der Waals surface area contributed by atoms with Gasteiger partial charge >= 0.3 is 11.9 Å². The predicted octanol–water partition coefficient (Wildman–Crippen LogP) is 4.91. The first-order valence-corrected chi connectivity index (χ1v) is 21.4. The fourth-order valence-corrected chi connectivity index (χ4v) is 12.9. The van der Waals surface area contributed by atoms with Crippen molar-refractivity contribution in [1.82, 2.24) is 5.32 Å². The number of rotatable bonds is 11. The highest BCUT2D eigenvalue weighted by Gasteiger charge is 2.68. The van der Waals surface area contributed by atoms with Crippen molar-refractivity contribution in [2.45, 2.75) is 174 Å². The maximum atomic E-state index is 13.5. The molecule has 1 aromatic rings. The second-order valence-corrected chi connectivity index (χ2v) is 20.5. The fourth-order valence-electron chi connectivity index (χ4n) is 12.9. The van der Waals surface area contributed by atoms with E-state index in [1.807, 2.05) is 44.2 Å². The van der Waals surface area contributed by atoms with Crippen molar-refractivity contribution in [2.75, 3.05) is 7.11 Å². The van der Waals surface area contributed by atoms with E-state index in [1.165, 1.54) is 25.2 Å². The molecular formula is C46H69NO11. The van der Waals surface area contributed by atoms with Crippen molar-refractivity contribution < 1.29 is 54.1 Å². The number of esters is 2. The van der Waals surface area contributed by atoms with E-state index in [0.717, 1.165) is 31.2 Å². The summed E-state index contributed by atoms with van der Waals surface area (Å²) in [7, 11) is 1.24. The Bertz CT molecular complexity index is 1740. The zero-order chi connectivity index (χ0) is 42.8. The topological polar surface area (TPSA) is 192 Å². The standard InChI is InChI=1S/C46H69NO11/c1-41(2)33-17-16-29-30(22-34(49)46(8)28(19-20-45(29,46)7)27-15-18-35(42(3,4)54)57-39(27)52)44(33,6)23-32(48)38(41)58-37(51)25-43(5,55)24-36(50)47-31(40(53)56-9)21-26-13-11-10-12-14-26/h10-14,27-28,31-35,38-39,48-49,52,54-55H,15-25H2,1-9H3,(H,47,50). The SMILES string of the molecule is COC(=O)C(Cc1ccccc1)NC(=O)CC(C)(O)CC(=O)OC1C(O)CC2(C)C3=C(CCC2C1(C)C)C1(C)CCC(C2CCC(C(C)(C)O)OC2O)C1(C)C(O)C3. The number of aliphatic hydroxyl groups is 5. The van der Waals surface area contributed by atoms with Gasteiger partial charge in [0, 0.05) is 23.2 Å². The molecule has 12 heteroatoms. The van der Waals surface area contributed by atoms with Crippen molar-refractivity contribution in [3.05, 3.63) is 47.0 Å². The van der Waals surface area contributed by atoms with Crippen molar-refractivity contribution in [2.24, 2.45) is 39.4 Å². The van der Waals surface area contributed by atoms with Crippen LogP contribution in [0.25, 0.3) is 0 Å². The van der Waals surface area contributed by atoms with Crippen LogP contribution in [0.15, 0.2) is 41.5 Å². The van der Waals surface area contributed by atoms with Crippen molar-refractivity contribution >= 4 is 17.8 Å². The van der Waals surface area contributed by atoms with Crippen LogP contribution in [0.4, 0.5) is 0 Å². The number of hydrogen-bond donors (Lipinski definition) is 6. The van der Waals surface area contributed by atoms with E-state index in [0.29, 0.717) is 25.7 Å². The van der Waals surface area contributed by atoms with Crippen LogP contribution in [-0.4, -0.2) is 98.4 Å². The minimum Gasteiger partial charge on any atom is -0.467 e. The number of fused-ring (bicyclic) bond motifs is 4. The number of methoxy groups -OCH3 is 1. The highest BCUT2D eigenvalue weighted by atomic mass is 16.6. The van der Waals surface area contributed by atoms with Crippen LogP contribution in [0.2, 0.25) is 0 Å². The molecule has 5 aliphatic rings. The van der Waals surface area contributed by atoms with E-state index >= 15 is 0 Å². The van der Waals surface area contributed by atoms with Crippen LogP contribution in [0, 0.1) is 39.4 Å². The zero-order valence-corrected chi connectivity index (χ0v) is 36.0. The number of carbonyl (C=O) groups excluding carboxylic acids is 3. The van der Waals surface area contributed by atoms with Crippen LogP contribution in [-0.2, 0) is 35.0 Å². The molecular weight excluding hydrogens is 743 g/mol. The molecule has 1 saturated heterocycles. The van der Waals surface area contributed by atoms with Gasteiger partial charge in [-0.3, -0.25) is 9.59 Å². The number of amides is 1. The van der Waals surface area contributed by atoms with Gasteiger partial charge in [-0.05, 0) is 100 Å². The molecule has 0 aromatic heterocycles. The van der Waals surface area contributed by atoms with E-state index in [-0.39, 0.29) is 29.6 Å². The van der Waals surface area contributed by atoms with Crippen molar-refractivity contribution in [3.8, 4) is 0 Å². The van der Waals surface area contributed by atoms with E-state index in [9.17, 15) is 39.9 Å². The summed E-state index contributed by atoms with van der Waals surface area (Å²) in [5.74, 6) is -2.12. The van der Waals surface area contributed by atoms with Gasteiger partial charge in [0.2, 0.25) is 5.91 Å². The maximum Gasteiger partial charge on any atom is 0.328 e. The number of ether oxygens (including phenoxy) is 3.